The predicted octanol–water partition coefficient (Wildman–Crippen LogP) is 2.72. The lowest BCUT2D eigenvalue weighted by molar-refractivity contribution is -0.122. The van der Waals surface area contributed by atoms with Gasteiger partial charge in [0.25, 0.3) is 0 Å². The lowest BCUT2D eigenvalue weighted by Gasteiger charge is -2.22. The number of hydrogen-bond donors (Lipinski definition) is 2. The van der Waals surface area contributed by atoms with Crippen molar-refractivity contribution in [1.29, 1.82) is 0 Å². The Morgan fingerprint density at radius 3 is 2.12 bits per heavy atom. The van der Waals surface area contributed by atoms with E-state index in [1.807, 2.05) is 36.4 Å². The van der Waals surface area contributed by atoms with Crippen LogP contribution < -0.4 is 10.6 Å². The number of benzene rings is 2. The number of carbonyl (C=O) groups excluding carboxylic acids is 1. The highest BCUT2D eigenvalue weighted by molar-refractivity contribution is 5.78. The van der Waals surface area contributed by atoms with Crippen molar-refractivity contribution in [2.75, 3.05) is 26.2 Å². The van der Waals surface area contributed by atoms with Crippen molar-refractivity contribution >= 4 is 5.91 Å². The smallest absolute Gasteiger partial charge is 0.234 e. The van der Waals surface area contributed by atoms with Gasteiger partial charge < -0.3 is 10.6 Å². The number of nitrogens with one attached hydrogen (secondary N) is 2. The molecule has 1 aliphatic heterocycles. The molecule has 1 heterocycles. The van der Waals surface area contributed by atoms with E-state index < -0.39 is 0 Å². The molecule has 3 rings (SSSR count). The second-order valence-electron chi connectivity index (χ2n) is 6.71. The lowest BCUT2D eigenvalue weighted by atomic mass is 10.1. The van der Waals surface area contributed by atoms with Crippen LogP contribution in [0.2, 0.25) is 0 Å². The van der Waals surface area contributed by atoms with Crippen molar-refractivity contribution in [3.8, 4) is 0 Å². The Kier molecular flexibility index (Phi) is 6.99. The van der Waals surface area contributed by atoms with Gasteiger partial charge in [-0.3, -0.25) is 9.69 Å². The van der Waals surface area contributed by atoms with Gasteiger partial charge in [-0.2, -0.15) is 0 Å². The number of hydrogen-bond acceptors (Lipinski definition) is 3. The SMILES string of the molecule is O=C(CN(Cc1ccccc1)Cc1ccccc1)NCC1=CCNCC1. The molecule has 0 fully saturated rings. The fourth-order valence-electron chi connectivity index (χ4n) is 3.15. The highest BCUT2D eigenvalue weighted by atomic mass is 16.2. The molecule has 1 aliphatic rings. The standard InChI is InChI=1S/C22H27N3O/c26-22(24-15-19-11-13-23-14-12-19)18-25(16-20-7-3-1-4-8-20)17-21-9-5-2-6-10-21/h1-11,23H,12-18H2,(H,24,26). The van der Waals surface area contributed by atoms with Crippen molar-refractivity contribution in [2.45, 2.75) is 19.5 Å². The Balaban J connectivity index is 1.58. The van der Waals surface area contributed by atoms with E-state index in [1.54, 1.807) is 0 Å². The van der Waals surface area contributed by atoms with Crippen LogP contribution in [0.3, 0.4) is 0 Å². The van der Waals surface area contributed by atoms with Gasteiger partial charge in [0.05, 0.1) is 6.54 Å². The quantitative estimate of drug-likeness (QED) is 0.720. The van der Waals surface area contributed by atoms with Crippen molar-refractivity contribution in [3.05, 3.63) is 83.4 Å². The Morgan fingerprint density at radius 1 is 0.962 bits per heavy atom. The molecule has 26 heavy (non-hydrogen) atoms. The van der Waals surface area contributed by atoms with Gasteiger partial charge >= 0.3 is 0 Å². The Bertz CT molecular complexity index is 671. The van der Waals surface area contributed by atoms with E-state index in [0.29, 0.717) is 13.1 Å². The Hall–Kier alpha value is -2.43. The summed E-state index contributed by atoms with van der Waals surface area (Å²) in [5, 5.41) is 6.37. The van der Waals surface area contributed by atoms with Gasteiger partial charge in [-0.1, -0.05) is 72.3 Å². The van der Waals surface area contributed by atoms with Crippen LogP contribution in [-0.2, 0) is 17.9 Å². The third-order valence-corrected chi connectivity index (χ3v) is 4.54. The maximum absolute atomic E-state index is 12.5. The molecule has 2 aromatic carbocycles. The minimum atomic E-state index is 0.0799. The molecule has 0 unspecified atom stereocenters. The van der Waals surface area contributed by atoms with E-state index in [4.69, 9.17) is 0 Å². The van der Waals surface area contributed by atoms with E-state index in [1.165, 1.54) is 16.7 Å². The topological polar surface area (TPSA) is 44.4 Å². The van der Waals surface area contributed by atoms with Crippen LogP contribution in [0.1, 0.15) is 17.5 Å². The summed E-state index contributed by atoms with van der Waals surface area (Å²) in [5.74, 6) is 0.0799. The zero-order chi connectivity index (χ0) is 18.0. The van der Waals surface area contributed by atoms with Crippen LogP contribution in [0.25, 0.3) is 0 Å². The molecule has 136 valence electrons. The summed E-state index contributed by atoms with van der Waals surface area (Å²) in [4.78, 5) is 14.7. The first-order chi connectivity index (χ1) is 12.8. The first-order valence-corrected chi connectivity index (χ1v) is 9.25. The normalized spacial score (nSPS) is 14.1. The van der Waals surface area contributed by atoms with Crippen molar-refractivity contribution in [2.24, 2.45) is 0 Å². The van der Waals surface area contributed by atoms with Gasteiger partial charge in [0.15, 0.2) is 0 Å². The van der Waals surface area contributed by atoms with Crippen LogP contribution in [0.5, 0.6) is 0 Å². The molecular weight excluding hydrogens is 322 g/mol. The summed E-state index contributed by atoms with van der Waals surface area (Å²) < 4.78 is 0. The van der Waals surface area contributed by atoms with Crippen LogP contribution in [0.4, 0.5) is 0 Å². The monoisotopic (exact) mass is 349 g/mol. The second-order valence-corrected chi connectivity index (χ2v) is 6.71. The Labute approximate surface area is 155 Å². The van der Waals surface area contributed by atoms with E-state index in [9.17, 15) is 4.79 Å². The lowest BCUT2D eigenvalue weighted by Crippen LogP contribution is -2.38. The number of nitrogens with zero attached hydrogens (tertiary/aromatic N) is 1. The minimum Gasteiger partial charge on any atom is -0.351 e. The van der Waals surface area contributed by atoms with E-state index in [-0.39, 0.29) is 5.91 Å². The fourth-order valence-corrected chi connectivity index (χ4v) is 3.15. The summed E-state index contributed by atoms with van der Waals surface area (Å²) in [5.41, 5.74) is 3.75. The van der Waals surface area contributed by atoms with Gasteiger partial charge in [0.2, 0.25) is 5.91 Å². The highest BCUT2D eigenvalue weighted by Crippen LogP contribution is 2.10. The molecule has 0 radical (unpaired) electrons. The maximum atomic E-state index is 12.5. The van der Waals surface area contributed by atoms with Crippen molar-refractivity contribution < 1.29 is 4.79 Å². The van der Waals surface area contributed by atoms with Gasteiger partial charge in [0.1, 0.15) is 0 Å². The Morgan fingerprint density at radius 2 is 1.58 bits per heavy atom. The molecule has 2 aromatic rings. The zero-order valence-corrected chi connectivity index (χ0v) is 15.2. The molecule has 0 saturated carbocycles. The van der Waals surface area contributed by atoms with Crippen molar-refractivity contribution in [1.82, 2.24) is 15.5 Å². The molecule has 0 spiro atoms. The first-order valence-electron chi connectivity index (χ1n) is 9.25. The number of carbonyl (C=O) groups is 1. The largest absolute Gasteiger partial charge is 0.351 e. The van der Waals surface area contributed by atoms with Crippen LogP contribution in [0.15, 0.2) is 72.3 Å². The molecule has 4 nitrogen and oxygen atoms in total. The van der Waals surface area contributed by atoms with E-state index >= 15 is 0 Å². The van der Waals surface area contributed by atoms with Gasteiger partial charge in [-0.05, 0) is 24.1 Å². The highest BCUT2D eigenvalue weighted by Gasteiger charge is 2.13. The van der Waals surface area contributed by atoms with Gasteiger partial charge in [-0.15, -0.1) is 0 Å². The average molecular weight is 349 g/mol. The van der Waals surface area contributed by atoms with Crippen LogP contribution in [-0.4, -0.2) is 37.0 Å². The minimum absolute atomic E-state index is 0.0799. The molecule has 2 N–H and O–H groups in total. The molecule has 1 amide bonds. The summed E-state index contributed by atoms with van der Waals surface area (Å²) in [6, 6.07) is 20.6. The summed E-state index contributed by atoms with van der Waals surface area (Å²) in [6.45, 7) is 4.47. The number of amides is 1. The van der Waals surface area contributed by atoms with Crippen LogP contribution in [0, 0.1) is 0 Å². The van der Waals surface area contributed by atoms with Gasteiger partial charge in [0, 0.05) is 26.2 Å². The molecular formula is C22H27N3O. The first kappa shape index (κ1) is 18.4. The van der Waals surface area contributed by atoms with Crippen LogP contribution >= 0.6 is 0 Å². The summed E-state index contributed by atoms with van der Waals surface area (Å²) in [6.07, 6.45) is 3.19. The molecule has 0 atom stereocenters. The molecule has 0 aliphatic carbocycles. The maximum Gasteiger partial charge on any atom is 0.234 e. The predicted molar refractivity (Wildman–Crippen MR) is 106 cm³/mol. The molecule has 0 bridgehead atoms. The third kappa shape index (κ3) is 6.14. The fraction of sp³-hybridized carbons (Fsp3) is 0.318. The zero-order valence-electron chi connectivity index (χ0n) is 15.2. The van der Waals surface area contributed by atoms with Gasteiger partial charge in [-0.25, -0.2) is 0 Å². The summed E-state index contributed by atoms with van der Waals surface area (Å²) in [7, 11) is 0. The second kappa shape index (κ2) is 9.90. The molecule has 4 heteroatoms. The van der Waals surface area contributed by atoms with E-state index in [0.717, 1.165) is 32.6 Å². The number of rotatable bonds is 8. The van der Waals surface area contributed by atoms with Crippen molar-refractivity contribution in [3.63, 3.8) is 0 Å². The molecule has 0 saturated heterocycles. The molecule has 0 aromatic heterocycles. The third-order valence-electron chi connectivity index (χ3n) is 4.54. The average Bonchev–Trinajstić information content (AvgIpc) is 2.69. The van der Waals surface area contributed by atoms with E-state index in [2.05, 4.69) is 45.9 Å². The summed E-state index contributed by atoms with van der Waals surface area (Å²) >= 11 is 0.